The molecule has 0 aromatic rings. The van der Waals surface area contributed by atoms with E-state index in [1.807, 2.05) is 0 Å². The third-order valence-corrected chi connectivity index (χ3v) is 12.1. The van der Waals surface area contributed by atoms with Crippen LogP contribution < -0.4 is 0 Å². The first kappa shape index (κ1) is 58.4. The van der Waals surface area contributed by atoms with Gasteiger partial charge < -0.3 is 14.2 Å². The number of hydrogen-bond acceptors (Lipinski definition) is 6. The molecule has 0 saturated heterocycles. The van der Waals surface area contributed by atoms with Crippen molar-refractivity contribution in [3.8, 4) is 0 Å². The van der Waals surface area contributed by atoms with Crippen LogP contribution in [0.3, 0.4) is 0 Å². The second kappa shape index (κ2) is 45.4. The van der Waals surface area contributed by atoms with Gasteiger partial charge in [-0.2, -0.15) is 0 Å². The van der Waals surface area contributed by atoms with E-state index in [-0.39, 0.29) is 31.1 Å². The standard InChI is InChI=1S/C54H104O6/c1-48(2)40-34-28-22-18-15-13-11-9-7-8-10-12-14-16-20-24-31-37-43-52(55)58-46-51(47-59-53(56)44-38-32-27-26-30-36-42-50(5)6)60-54(57)45-39-33-25-21-17-19-23-29-35-41-49(3)4/h48-51H,7-47H2,1-6H3/t51-/m0/s1. The lowest BCUT2D eigenvalue weighted by Gasteiger charge is -2.18. The van der Waals surface area contributed by atoms with Gasteiger partial charge in [-0.3, -0.25) is 14.4 Å². The number of rotatable bonds is 47. The van der Waals surface area contributed by atoms with E-state index in [0.717, 1.165) is 75.5 Å². The normalized spacial score (nSPS) is 12.2. The highest BCUT2D eigenvalue weighted by molar-refractivity contribution is 5.71. The summed E-state index contributed by atoms with van der Waals surface area (Å²) in [5, 5.41) is 0. The lowest BCUT2D eigenvalue weighted by molar-refractivity contribution is -0.167. The minimum atomic E-state index is -0.763. The van der Waals surface area contributed by atoms with E-state index in [1.165, 1.54) is 173 Å². The Kier molecular flexibility index (Phi) is 44.2. The maximum atomic E-state index is 12.8. The van der Waals surface area contributed by atoms with Crippen LogP contribution in [0.15, 0.2) is 0 Å². The van der Waals surface area contributed by atoms with Crippen molar-refractivity contribution in [2.45, 2.75) is 298 Å². The zero-order valence-electron chi connectivity index (χ0n) is 41.3. The molecule has 6 heteroatoms. The van der Waals surface area contributed by atoms with Crippen molar-refractivity contribution in [3.05, 3.63) is 0 Å². The Balaban J connectivity index is 4.18. The molecule has 0 aliphatic carbocycles. The van der Waals surface area contributed by atoms with Crippen molar-refractivity contribution >= 4 is 17.9 Å². The molecule has 0 heterocycles. The van der Waals surface area contributed by atoms with Crippen molar-refractivity contribution in [2.75, 3.05) is 13.2 Å². The summed E-state index contributed by atoms with van der Waals surface area (Å²) in [6, 6.07) is 0. The highest BCUT2D eigenvalue weighted by atomic mass is 16.6. The Morgan fingerprint density at radius 3 is 0.717 bits per heavy atom. The molecule has 0 unspecified atom stereocenters. The topological polar surface area (TPSA) is 78.9 Å². The molecule has 0 saturated carbocycles. The Morgan fingerprint density at radius 1 is 0.283 bits per heavy atom. The number of ether oxygens (including phenoxy) is 3. The number of carbonyl (C=O) groups excluding carboxylic acids is 3. The van der Waals surface area contributed by atoms with Gasteiger partial charge in [-0.1, -0.05) is 253 Å². The van der Waals surface area contributed by atoms with Crippen molar-refractivity contribution < 1.29 is 28.6 Å². The van der Waals surface area contributed by atoms with Crippen LogP contribution in [0.4, 0.5) is 0 Å². The van der Waals surface area contributed by atoms with E-state index >= 15 is 0 Å². The number of unbranched alkanes of at least 4 members (excludes halogenated alkanes) is 30. The van der Waals surface area contributed by atoms with Crippen molar-refractivity contribution in [3.63, 3.8) is 0 Å². The van der Waals surface area contributed by atoms with E-state index in [1.54, 1.807) is 0 Å². The van der Waals surface area contributed by atoms with Crippen LogP contribution in [0.5, 0.6) is 0 Å². The highest BCUT2D eigenvalue weighted by Gasteiger charge is 2.19. The van der Waals surface area contributed by atoms with Gasteiger partial charge in [0.15, 0.2) is 6.10 Å². The highest BCUT2D eigenvalue weighted by Crippen LogP contribution is 2.18. The molecule has 0 fully saturated rings. The zero-order chi connectivity index (χ0) is 44.2. The van der Waals surface area contributed by atoms with E-state index in [0.29, 0.717) is 19.3 Å². The maximum Gasteiger partial charge on any atom is 0.306 e. The summed E-state index contributed by atoms with van der Waals surface area (Å²) in [6.07, 6.45) is 45.5. The average molecular weight is 849 g/mol. The zero-order valence-corrected chi connectivity index (χ0v) is 41.3. The van der Waals surface area contributed by atoms with E-state index < -0.39 is 6.10 Å². The van der Waals surface area contributed by atoms with Gasteiger partial charge in [-0.05, 0) is 37.0 Å². The van der Waals surface area contributed by atoms with Crippen LogP contribution in [0.2, 0.25) is 0 Å². The first-order chi connectivity index (χ1) is 29.1. The fourth-order valence-electron chi connectivity index (χ4n) is 8.12. The molecule has 6 nitrogen and oxygen atoms in total. The van der Waals surface area contributed by atoms with Crippen LogP contribution in [0.1, 0.15) is 292 Å². The molecule has 356 valence electrons. The van der Waals surface area contributed by atoms with Crippen molar-refractivity contribution in [2.24, 2.45) is 17.8 Å². The number of hydrogen-bond donors (Lipinski definition) is 0. The number of esters is 3. The van der Waals surface area contributed by atoms with Crippen molar-refractivity contribution in [1.29, 1.82) is 0 Å². The van der Waals surface area contributed by atoms with Gasteiger partial charge in [-0.15, -0.1) is 0 Å². The van der Waals surface area contributed by atoms with Crippen LogP contribution in [-0.4, -0.2) is 37.2 Å². The van der Waals surface area contributed by atoms with Gasteiger partial charge in [0.1, 0.15) is 13.2 Å². The molecule has 1 atom stereocenters. The van der Waals surface area contributed by atoms with Gasteiger partial charge in [0, 0.05) is 19.3 Å². The molecular weight excluding hydrogens is 745 g/mol. The molecule has 0 radical (unpaired) electrons. The monoisotopic (exact) mass is 849 g/mol. The first-order valence-corrected chi connectivity index (χ1v) is 26.6. The molecule has 0 aliphatic rings. The van der Waals surface area contributed by atoms with E-state index in [4.69, 9.17) is 14.2 Å². The lowest BCUT2D eigenvalue weighted by atomic mass is 10.0. The smallest absolute Gasteiger partial charge is 0.306 e. The molecule has 0 aliphatic heterocycles. The largest absolute Gasteiger partial charge is 0.462 e. The fraction of sp³-hybridized carbons (Fsp3) is 0.944. The van der Waals surface area contributed by atoms with Crippen LogP contribution in [0, 0.1) is 17.8 Å². The predicted molar refractivity (Wildman–Crippen MR) is 256 cm³/mol. The molecule has 60 heavy (non-hydrogen) atoms. The SMILES string of the molecule is CC(C)CCCCCCCCCCCCCCCCCCCCC(=O)OC[C@@H](COC(=O)CCCCCCCCC(C)C)OC(=O)CCCCCCCCCCCC(C)C. The average Bonchev–Trinajstić information content (AvgIpc) is 3.20. The minimum Gasteiger partial charge on any atom is -0.462 e. The van der Waals surface area contributed by atoms with Gasteiger partial charge >= 0.3 is 17.9 Å². The summed E-state index contributed by atoms with van der Waals surface area (Å²) in [4.78, 5) is 37.9. The molecule has 0 amide bonds. The quantitative estimate of drug-likeness (QED) is 0.0345. The Labute approximate surface area is 374 Å². The lowest BCUT2D eigenvalue weighted by Crippen LogP contribution is -2.30. The Bertz CT molecular complexity index is 929. The summed E-state index contributed by atoms with van der Waals surface area (Å²) < 4.78 is 16.8. The molecule has 0 aromatic carbocycles. The first-order valence-electron chi connectivity index (χ1n) is 26.6. The summed E-state index contributed by atoms with van der Waals surface area (Å²) in [5.74, 6) is 1.57. The molecule has 0 aromatic heterocycles. The van der Waals surface area contributed by atoms with Crippen LogP contribution in [0.25, 0.3) is 0 Å². The summed E-state index contributed by atoms with van der Waals surface area (Å²) >= 11 is 0. The predicted octanol–water partition coefficient (Wildman–Crippen LogP) is 17.2. The second-order valence-electron chi connectivity index (χ2n) is 19.9. The van der Waals surface area contributed by atoms with Crippen LogP contribution in [-0.2, 0) is 28.6 Å². The van der Waals surface area contributed by atoms with Crippen molar-refractivity contribution in [1.82, 2.24) is 0 Å². The third kappa shape index (κ3) is 47.5. The van der Waals surface area contributed by atoms with Gasteiger partial charge in [0.2, 0.25) is 0 Å². The minimum absolute atomic E-state index is 0.0654. The van der Waals surface area contributed by atoms with E-state index in [9.17, 15) is 14.4 Å². The second-order valence-corrected chi connectivity index (χ2v) is 19.9. The molecule has 0 rings (SSSR count). The third-order valence-electron chi connectivity index (χ3n) is 12.1. The summed E-state index contributed by atoms with van der Waals surface area (Å²) in [5.41, 5.74) is 0. The van der Waals surface area contributed by atoms with Crippen LogP contribution >= 0.6 is 0 Å². The molecule has 0 spiro atoms. The molecular formula is C54H104O6. The van der Waals surface area contributed by atoms with Gasteiger partial charge in [-0.25, -0.2) is 0 Å². The van der Waals surface area contributed by atoms with Gasteiger partial charge in [0.25, 0.3) is 0 Å². The maximum absolute atomic E-state index is 12.8. The van der Waals surface area contributed by atoms with Gasteiger partial charge in [0.05, 0.1) is 0 Å². The Hall–Kier alpha value is -1.59. The Morgan fingerprint density at radius 2 is 0.483 bits per heavy atom. The summed E-state index contributed by atoms with van der Waals surface area (Å²) in [7, 11) is 0. The summed E-state index contributed by atoms with van der Waals surface area (Å²) in [6.45, 7) is 13.7. The molecule has 0 bridgehead atoms. The van der Waals surface area contributed by atoms with E-state index in [2.05, 4.69) is 41.5 Å². The fourth-order valence-corrected chi connectivity index (χ4v) is 8.12. The molecule has 0 N–H and O–H groups in total. The number of carbonyl (C=O) groups is 3.